The topological polar surface area (TPSA) is 385 Å². The number of aromatic nitrogens is 4. The highest BCUT2D eigenvalue weighted by atomic mass is 79.9. The Bertz CT molecular complexity index is 5980. The maximum absolute atomic E-state index is 12.8. The predicted octanol–water partition coefficient (Wildman–Crippen LogP) is 17.7. The van der Waals surface area contributed by atoms with E-state index in [1.165, 1.54) is 126 Å². The Morgan fingerprint density at radius 3 is 0.970 bits per heavy atom. The number of carbonyl (C=O) groups is 6. The number of hydrogen-bond donors (Lipinski definition) is 10. The van der Waals surface area contributed by atoms with E-state index in [0.29, 0.717) is 98.7 Å². The Balaban J connectivity index is 0.000000134. The largest absolute Gasteiger partial charge is 0.465 e. The molecule has 4 aromatic carbocycles. The van der Waals surface area contributed by atoms with Crippen LogP contribution in [-0.4, -0.2) is 189 Å². The number of piperazine rings is 3. The summed E-state index contributed by atoms with van der Waals surface area (Å²) in [7, 11) is 1.36. The maximum Gasteiger partial charge on any atom is 0.410 e. The molecule has 4 aliphatic carbocycles. The zero-order valence-corrected chi connectivity index (χ0v) is 82.4. The number of benzene rings is 4. The van der Waals surface area contributed by atoms with E-state index >= 15 is 0 Å². The van der Waals surface area contributed by atoms with Gasteiger partial charge in [0.25, 0.3) is 17.7 Å². The number of esters is 1. The molecule has 4 saturated carbocycles. The molecular formula is C99H120Br2N18O9S4. The molecule has 0 spiro atoms. The summed E-state index contributed by atoms with van der Waals surface area (Å²) in [5.41, 5.74) is 42.9. The van der Waals surface area contributed by atoms with Gasteiger partial charge in [-0.2, -0.15) is 0 Å². The highest BCUT2D eigenvalue weighted by molar-refractivity contribution is 9.10. The van der Waals surface area contributed by atoms with Crippen LogP contribution in [-0.2, 0) is 39.9 Å². The number of carbonyl (C=O) groups excluding carboxylic acids is 6. The van der Waals surface area contributed by atoms with Crippen LogP contribution < -0.4 is 65.1 Å². The number of nitrogens with zero attached hydrogens (tertiary/aromatic N) is 8. The molecule has 0 radical (unpaired) electrons. The average Bonchev–Trinajstić information content (AvgIpc) is 1.65. The predicted molar refractivity (Wildman–Crippen MR) is 543 cm³/mol. The number of amides is 5. The second kappa shape index (κ2) is 44.9. The van der Waals surface area contributed by atoms with Crippen molar-refractivity contribution in [1.29, 1.82) is 0 Å². The summed E-state index contributed by atoms with van der Waals surface area (Å²) in [5.74, 6) is 1.59. The number of nitrogens with two attached hydrogens (primary N) is 5. The number of hydrogen-bond acceptors (Lipinski definition) is 26. The minimum Gasteiger partial charge on any atom is -0.465 e. The minimum atomic E-state index is -0.481. The number of rotatable bonds is 21. The van der Waals surface area contributed by atoms with Crippen LogP contribution in [0, 0.1) is 0 Å². The SMILES string of the molecule is CC(C)(C)OC(=O)N1CCN(c2ccc(CCNC(=O)c3sc4nc(C5CC5)ccc4c3N)cc2)CC1.CC(C)(C)OC(=O)N1CCNCC1.COC(=O)c1sc2nc(C3CC3)ccc2c1N.NCCc1ccc(Br)cc1.Nc1c(C(=O)NCCc2ccc(Br)cc2)sc2nc(C3CC3)ccc12.Nc1c(C(=O)NCCc2ccc(N3CCNCC3)cc2)sc2nc(C3CC3)ccc12. The van der Waals surface area contributed by atoms with Crippen molar-refractivity contribution < 1.29 is 43.0 Å². The van der Waals surface area contributed by atoms with Crippen LogP contribution in [0.25, 0.3) is 40.9 Å². The summed E-state index contributed by atoms with van der Waals surface area (Å²) < 4.78 is 17.6. The first-order valence-corrected chi connectivity index (χ1v) is 50.3. The number of nitrogens with one attached hydrogen (secondary N) is 5. The van der Waals surface area contributed by atoms with Crippen LogP contribution in [0.3, 0.4) is 0 Å². The lowest BCUT2D eigenvalue weighted by atomic mass is 10.1. The molecule has 33 heteroatoms. The van der Waals surface area contributed by atoms with E-state index in [-0.39, 0.29) is 35.5 Å². The van der Waals surface area contributed by atoms with Gasteiger partial charge in [-0.25, -0.2) is 34.3 Å². The van der Waals surface area contributed by atoms with E-state index in [1.807, 2.05) is 120 Å². The molecule has 5 amide bonds. The molecule has 132 heavy (non-hydrogen) atoms. The lowest BCUT2D eigenvalue weighted by molar-refractivity contribution is 0.0223. The van der Waals surface area contributed by atoms with Crippen LogP contribution in [0.15, 0.2) is 155 Å². The van der Waals surface area contributed by atoms with Crippen molar-refractivity contribution in [3.05, 3.63) is 219 Å². The molecular weight excluding hydrogens is 1870 g/mol. The zero-order chi connectivity index (χ0) is 93.3. The van der Waals surface area contributed by atoms with Crippen molar-refractivity contribution in [2.75, 3.05) is 145 Å². The lowest BCUT2D eigenvalue weighted by Crippen LogP contribution is -2.50. The first kappa shape index (κ1) is 97.4. The summed E-state index contributed by atoms with van der Waals surface area (Å²) in [6, 6.07) is 49.5. The van der Waals surface area contributed by atoms with E-state index < -0.39 is 11.6 Å². The molecule has 0 bridgehead atoms. The second-order valence-electron chi connectivity index (χ2n) is 35.9. The number of halogens is 2. The number of pyridine rings is 4. The van der Waals surface area contributed by atoms with Gasteiger partial charge in [0.2, 0.25) is 0 Å². The van der Waals surface area contributed by atoms with Gasteiger partial charge in [-0.15, -0.1) is 45.3 Å². The summed E-state index contributed by atoms with van der Waals surface area (Å²) in [5, 5.41) is 19.0. The third-order valence-corrected chi connectivity index (χ3v) is 28.7. The monoisotopic (exact) mass is 1990 g/mol. The number of fused-ring (bicyclic) bond motifs is 4. The molecule has 11 heterocycles. The molecule has 698 valence electrons. The first-order valence-electron chi connectivity index (χ1n) is 45.4. The van der Waals surface area contributed by atoms with Crippen LogP contribution >= 0.6 is 77.2 Å². The fraction of sp³-hybridized carbons (Fsp3) is 0.414. The summed E-state index contributed by atoms with van der Waals surface area (Å²) >= 11 is 12.2. The molecule has 12 aromatic rings. The molecule has 27 nitrogen and oxygen atoms in total. The molecule has 8 aromatic heterocycles. The van der Waals surface area contributed by atoms with Crippen LogP contribution in [0.5, 0.6) is 0 Å². The van der Waals surface area contributed by atoms with Crippen LogP contribution in [0.2, 0.25) is 0 Å². The van der Waals surface area contributed by atoms with Gasteiger partial charge in [0.05, 0.1) is 29.9 Å². The van der Waals surface area contributed by atoms with E-state index in [1.54, 1.807) is 9.80 Å². The van der Waals surface area contributed by atoms with Gasteiger partial charge in [0.15, 0.2) is 0 Å². The Morgan fingerprint density at radius 1 is 0.386 bits per heavy atom. The Hall–Kier alpha value is -10.6. The fourth-order valence-corrected chi connectivity index (χ4v) is 19.8. The maximum atomic E-state index is 12.8. The van der Waals surface area contributed by atoms with Crippen LogP contribution in [0.1, 0.15) is 200 Å². The average molecular weight is 1990 g/mol. The highest BCUT2D eigenvalue weighted by Gasteiger charge is 2.33. The van der Waals surface area contributed by atoms with Crippen molar-refractivity contribution in [3.63, 3.8) is 0 Å². The van der Waals surface area contributed by atoms with Gasteiger partial charge >= 0.3 is 18.2 Å². The van der Waals surface area contributed by atoms with Gasteiger partial charge in [-0.05, 0) is 244 Å². The summed E-state index contributed by atoms with van der Waals surface area (Å²) in [6.07, 6.45) is 12.5. The number of ether oxygens (including phenoxy) is 3. The normalized spacial score (nSPS) is 15.5. The summed E-state index contributed by atoms with van der Waals surface area (Å²) in [4.78, 5) is 106. The quantitative estimate of drug-likeness (QED) is 0.0236. The van der Waals surface area contributed by atoms with Gasteiger partial charge in [0, 0.05) is 186 Å². The smallest absolute Gasteiger partial charge is 0.410 e. The molecule has 0 atom stereocenters. The van der Waals surface area contributed by atoms with Gasteiger partial charge < -0.3 is 89.1 Å². The third kappa shape index (κ3) is 27.1. The third-order valence-electron chi connectivity index (χ3n) is 23.2. The van der Waals surface area contributed by atoms with Crippen molar-refractivity contribution >= 4 is 188 Å². The Labute approximate surface area is 804 Å². The van der Waals surface area contributed by atoms with E-state index in [0.717, 1.165) is 182 Å². The van der Waals surface area contributed by atoms with E-state index in [4.69, 9.17) is 57.8 Å². The van der Waals surface area contributed by atoms with Crippen molar-refractivity contribution in [2.24, 2.45) is 5.73 Å². The standard InChI is InChI=1S/C28H35N5O3S.C23H27N5OS.C19H18BrN3OS.C12H12N2O2S.C9H18N2O2.C8H10BrN/c1-28(2,3)36-27(35)33-16-14-32(15-17-33)20-8-4-18(5-9-20)12-13-30-25(34)24-23(29)21-10-11-22(19-6-7-19)31-26(21)37-24;24-20-18-7-8-19(16-3-4-16)27-23(18)30-21(20)22(29)26-10-9-15-1-5-17(6-2-15)28-13-11-25-12-14-28;20-13-5-1-11(2-6-13)9-10-22-18(24)17-16(21)14-7-8-15(12-3-4-12)23-19(14)25-17;1-16-12(15)10-9(13)7-4-5-8(6-2-3-6)14-11(7)17-10;1-9(2,3)13-8(12)11-6-4-10-5-7-11;9-8-3-1-7(2-4-8)5-6-10/h4-5,8-11,19H,6-7,12-17,29H2,1-3H3,(H,30,34);1-2,5-8,16,25H,3-4,9-14,24H2,(H,26,29);1-2,5-8,12H,3-4,9-10,21H2,(H,22,24);4-6H,2-3,13H2,1H3;10H,4-7H2,1-3H3;1-4H,5-6,10H2. The van der Waals surface area contributed by atoms with E-state index in [9.17, 15) is 28.8 Å². The molecule has 19 rings (SSSR count). The van der Waals surface area contributed by atoms with Gasteiger partial charge in [-0.1, -0.05) is 80.4 Å². The van der Waals surface area contributed by atoms with Gasteiger partial charge in [-0.3, -0.25) is 14.4 Å². The number of methoxy groups -OCH3 is 1. The summed E-state index contributed by atoms with van der Waals surface area (Å²) in [6.45, 7) is 23.9. The molecule has 15 N–H and O–H groups in total. The fourth-order valence-electron chi connectivity index (χ4n) is 15.2. The van der Waals surface area contributed by atoms with Crippen molar-refractivity contribution in [2.45, 2.75) is 153 Å². The zero-order valence-electron chi connectivity index (χ0n) is 76.0. The minimum absolute atomic E-state index is 0.110. The lowest BCUT2D eigenvalue weighted by Gasteiger charge is -2.36. The van der Waals surface area contributed by atoms with Crippen molar-refractivity contribution in [3.8, 4) is 0 Å². The molecule has 7 fully saturated rings. The van der Waals surface area contributed by atoms with Crippen molar-refractivity contribution in [1.82, 2.24) is 56.3 Å². The second-order valence-corrected chi connectivity index (χ2v) is 41.7. The molecule has 7 aliphatic rings. The highest BCUT2D eigenvalue weighted by Crippen LogP contribution is 2.46. The van der Waals surface area contributed by atoms with Crippen LogP contribution in [0.4, 0.5) is 43.7 Å². The number of anilines is 6. The van der Waals surface area contributed by atoms with E-state index in [2.05, 4.69) is 140 Å². The number of thiophene rings is 4. The molecule has 3 saturated heterocycles. The molecule has 3 aliphatic heterocycles. The number of nitrogen functional groups attached to an aromatic ring is 4. The Kier molecular flexibility index (Phi) is 33.2. The van der Waals surface area contributed by atoms with Gasteiger partial charge in [0.1, 0.15) is 50.0 Å². The Morgan fingerprint density at radius 2 is 0.667 bits per heavy atom. The molecule has 0 unspecified atom stereocenters. The first-order chi connectivity index (χ1) is 63.5.